The first-order chi connectivity index (χ1) is 17.2. The maximum Gasteiger partial charge on any atom is 0.332 e. The molecule has 2 aromatic carbocycles. The zero-order valence-electron chi connectivity index (χ0n) is 19.8. The number of likely N-dealkylation sites (N-methyl/N-ethyl adjacent to an activating group) is 1. The van der Waals surface area contributed by atoms with Crippen molar-refractivity contribution in [2.24, 2.45) is 0 Å². The quantitative estimate of drug-likeness (QED) is 0.452. The number of benzene rings is 2. The SMILES string of the molecule is Cc1cccc(CN2C[C@H](c3ccc(C#N)cc3)[C@]3(C2)C(=O)N(c2cc(Cl)cc(Cl)c2)C(=O)N3C)n1. The molecule has 9 heteroatoms. The molecule has 3 heterocycles. The lowest BCUT2D eigenvalue weighted by molar-refractivity contribution is -0.124. The van der Waals surface area contributed by atoms with Crippen LogP contribution >= 0.6 is 23.2 Å². The molecule has 2 atom stereocenters. The van der Waals surface area contributed by atoms with Gasteiger partial charge in [-0.25, -0.2) is 9.69 Å². The Balaban J connectivity index is 1.58. The topological polar surface area (TPSA) is 80.5 Å². The average molecular weight is 520 g/mol. The minimum absolute atomic E-state index is 0.323. The highest BCUT2D eigenvalue weighted by Gasteiger charge is 2.64. The molecule has 2 saturated heterocycles. The number of imide groups is 1. The average Bonchev–Trinajstić information content (AvgIpc) is 3.30. The summed E-state index contributed by atoms with van der Waals surface area (Å²) < 4.78 is 0. The van der Waals surface area contributed by atoms with E-state index in [1.807, 2.05) is 37.3 Å². The second kappa shape index (κ2) is 9.21. The van der Waals surface area contributed by atoms with Crippen LogP contribution < -0.4 is 4.90 Å². The van der Waals surface area contributed by atoms with Crippen LogP contribution in [0.15, 0.2) is 60.7 Å². The third kappa shape index (κ3) is 4.01. The molecule has 7 nitrogen and oxygen atoms in total. The number of halogens is 2. The van der Waals surface area contributed by atoms with Crippen LogP contribution in [0.4, 0.5) is 10.5 Å². The predicted molar refractivity (Wildman–Crippen MR) is 138 cm³/mol. The second-order valence-electron chi connectivity index (χ2n) is 9.26. The number of carbonyl (C=O) groups excluding carboxylic acids is 2. The van der Waals surface area contributed by atoms with Gasteiger partial charge in [0.2, 0.25) is 0 Å². The lowest BCUT2D eigenvalue weighted by Gasteiger charge is -2.34. The Labute approximate surface area is 219 Å². The normalized spacial score (nSPS) is 22.0. The van der Waals surface area contributed by atoms with E-state index in [0.29, 0.717) is 40.9 Å². The van der Waals surface area contributed by atoms with Gasteiger partial charge in [0.1, 0.15) is 5.54 Å². The van der Waals surface area contributed by atoms with E-state index in [1.54, 1.807) is 37.4 Å². The molecule has 3 aromatic rings. The zero-order valence-corrected chi connectivity index (χ0v) is 21.3. The molecule has 3 amide bonds. The van der Waals surface area contributed by atoms with Crippen molar-refractivity contribution in [3.63, 3.8) is 0 Å². The first-order valence-electron chi connectivity index (χ1n) is 11.5. The number of nitriles is 1. The molecule has 182 valence electrons. The molecule has 0 aliphatic carbocycles. The molecule has 5 rings (SSSR count). The summed E-state index contributed by atoms with van der Waals surface area (Å²) >= 11 is 12.4. The number of amides is 3. The monoisotopic (exact) mass is 519 g/mol. The first kappa shape index (κ1) is 24.3. The number of pyridine rings is 1. The number of likely N-dealkylation sites (tertiary alicyclic amines) is 1. The van der Waals surface area contributed by atoms with E-state index in [0.717, 1.165) is 17.0 Å². The Morgan fingerprint density at radius 1 is 1.08 bits per heavy atom. The van der Waals surface area contributed by atoms with Crippen molar-refractivity contribution in [1.82, 2.24) is 14.8 Å². The van der Waals surface area contributed by atoms with E-state index in [4.69, 9.17) is 23.2 Å². The molecule has 2 aliphatic rings. The fourth-order valence-corrected chi connectivity index (χ4v) is 5.84. The Bertz CT molecular complexity index is 1380. The van der Waals surface area contributed by atoms with Gasteiger partial charge in [-0.15, -0.1) is 0 Å². The molecule has 0 bridgehead atoms. The van der Waals surface area contributed by atoms with E-state index in [1.165, 1.54) is 9.80 Å². The lowest BCUT2D eigenvalue weighted by Crippen LogP contribution is -2.53. The molecule has 2 fully saturated rings. The van der Waals surface area contributed by atoms with Gasteiger partial charge in [0.05, 0.1) is 23.0 Å². The Morgan fingerprint density at radius 2 is 1.78 bits per heavy atom. The second-order valence-corrected chi connectivity index (χ2v) is 10.1. The van der Waals surface area contributed by atoms with Crippen LogP contribution in [0.2, 0.25) is 10.0 Å². The highest BCUT2D eigenvalue weighted by molar-refractivity contribution is 6.35. The number of hydrogen-bond acceptors (Lipinski definition) is 5. The number of aromatic nitrogens is 1. The Kier molecular flexibility index (Phi) is 6.21. The molecular formula is C27H23Cl2N5O2. The number of rotatable bonds is 4. The van der Waals surface area contributed by atoms with Crippen LogP contribution in [0.5, 0.6) is 0 Å². The maximum absolute atomic E-state index is 14.2. The number of anilines is 1. The summed E-state index contributed by atoms with van der Waals surface area (Å²) in [5, 5.41) is 9.93. The molecule has 36 heavy (non-hydrogen) atoms. The zero-order chi connectivity index (χ0) is 25.6. The predicted octanol–water partition coefficient (Wildman–Crippen LogP) is 5.01. The minimum Gasteiger partial charge on any atom is -0.310 e. The van der Waals surface area contributed by atoms with Gasteiger partial charge >= 0.3 is 6.03 Å². The molecule has 0 saturated carbocycles. The van der Waals surface area contributed by atoms with E-state index in [2.05, 4.69) is 16.0 Å². The van der Waals surface area contributed by atoms with Crippen molar-refractivity contribution in [3.8, 4) is 6.07 Å². The number of nitrogens with zero attached hydrogens (tertiary/aromatic N) is 5. The lowest BCUT2D eigenvalue weighted by atomic mass is 9.80. The third-order valence-corrected chi connectivity index (χ3v) is 7.45. The van der Waals surface area contributed by atoms with Crippen molar-refractivity contribution in [1.29, 1.82) is 5.26 Å². The van der Waals surface area contributed by atoms with Gasteiger partial charge in [-0.2, -0.15) is 5.26 Å². The van der Waals surface area contributed by atoms with Crippen molar-refractivity contribution in [2.75, 3.05) is 25.0 Å². The van der Waals surface area contributed by atoms with Crippen molar-refractivity contribution < 1.29 is 9.59 Å². The molecule has 0 unspecified atom stereocenters. The molecule has 0 radical (unpaired) electrons. The maximum atomic E-state index is 14.2. The number of hydrogen-bond donors (Lipinski definition) is 0. The molecule has 1 aromatic heterocycles. The van der Waals surface area contributed by atoms with Gasteiger partial charge in [-0.1, -0.05) is 41.4 Å². The number of aryl methyl sites for hydroxylation is 1. The fraction of sp³-hybridized carbons (Fsp3) is 0.259. The van der Waals surface area contributed by atoms with Gasteiger partial charge in [-0.3, -0.25) is 14.7 Å². The molecule has 0 N–H and O–H groups in total. The van der Waals surface area contributed by atoms with Crippen molar-refractivity contribution in [3.05, 3.63) is 93.2 Å². The van der Waals surface area contributed by atoms with Crippen LogP contribution in [0.25, 0.3) is 0 Å². The van der Waals surface area contributed by atoms with Gasteiger partial charge in [0.15, 0.2) is 0 Å². The van der Waals surface area contributed by atoms with E-state index in [-0.39, 0.29) is 11.8 Å². The molecule has 2 aliphatic heterocycles. The minimum atomic E-state index is -1.15. The van der Waals surface area contributed by atoms with E-state index < -0.39 is 11.6 Å². The summed E-state index contributed by atoms with van der Waals surface area (Å²) in [4.78, 5) is 37.3. The third-order valence-electron chi connectivity index (χ3n) is 7.01. The summed E-state index contributed by atoms with van der Waals surface area (Å²) in [6, 6.07) is 19.5. The summed E-state index contributed by atoms with van der Waals surface area (Å²) in [5.74, 6) is -0.654. The number of urea groups is 1. The first-order valence-corrected chi connectivity index (χ1v) is 12.2. The largest absolute Gasteiger partial charge is 0.332 e. The molecular weight excluding hydrogens is 497 g/mol. The van der Waals surface area contributed by atoms with Gasteiger partial charge in [0.25, 0.3) is 5.91 Å². The Hall–Kier alpha value is -3.44. The summed E-state index contributed by atoms with van der Waals surface area (Å²) in [6.45, 7) is 3.35. The number of carbonyl (C=O) groups is 2. The van der Waals surface area contributed by atoms with Crippen molar-refractivity contribution >= 4 is 40.8 Å². The summed E-state index contributed by atoms with van der Waals surface area (Å²) in [5.41, 5.74) is 2.41. The summed E-state index contributed by atoms with van der Waals surface area (Å²) in [7, 11) is 1.66. The highest BCUT2D eigenvalue weighted by atomic mass is 35.5. The van der Waals surface area contributed by atoms with Crippen LogP contribution in [0.3, 0.4) is 0 Å². The van der Waals surface area contributed by atoms with Crippen LogP contribution in [0.1, 0.15) is 28.4 Å². The van der Waals surface area contributed by atoms with Gasteiger partial charge in [0, 0.05) is 48.3 Å². The van der Waals surface area contributed by atoms with Gasteiger partial charge < -0.3 is 4.90 Å². The van der Waals surface area contributed by atoms with E-state index in [9.17, 15) is 14.9 Å². The van der Waals surface area contributed by atoms with Crippen LogP contribution in [-0.2, 0) is 11.3 Å². The van der Waals surface area contributed by atoms with Gasteiger partial charge in [-0.05, 0) is 55.0 Å². The highest BCUT2D eigenvalue weighted by Crippen LogP contribution is 2.46. The smallest absolute Gasteiger partial charge is 0.310 e. The summed E-state index contributed by atoms with van der Waals surface area (Å²) in [6.07, 6.45) is 0. The Morgan fingerprint density at radius 3 is 2.42 bits per heavy atom. The fourth-order valence-electron chi connectivity index (χ4n) is 5.33. The van der Waals surface area contributed by atoms with Crippen LogP contribution in [0, 0.1) is 18.3 Å². The standard InChI is InChI=1S/C27H23Cl2N5O2/c1-17-4-3-5-22(31-17)14-33-15-24(19-8-6-18(13-30)7-9-19)27(16-33)25(35)34(26(36)32(27)2)23-11-20(28)10-21(29)12-23/h3-12,24H,14-16H2,1-2H3/t24-,27-/m1/s1. The van der Waals surface area contributed by atoms with Crippen LogP contribution in [-0.4, -0.2) is 52.4 Å². The van der Waals surface area contributed by atoms with Crippen molar-refractivity contribution in [2.45, 2.75) is 24.9 Å². The molecule has 1 spiro atoms. The van der Waals surface area contributed by atoms with E-state index >= 15 is 0 Å².